The number of hydrogen-bond acceptors (Lipinski definition) is 7. The second-order valence-electron chi connectivity index (χ2n) is 7.07. The second kappa shape index (κ2) is 8.99. The van der Waals surface area contributed by atoms with Crippen molar-refractivity contribution in [2.45, 2.75) is 13.3 Å². The Hall–Kier alpha value is -3.68. The summed E-state index contributed by atoms with van der Waals surface area (Å²) in [6, 6.07) is 10.9. The number of esters is 1. The lowest BCUT2D eigenvalue weighted by molar-refractivity contribution is -0.124. The first kappa shape index (κ1) is 20.6. The zero-order valence-corrected chi connectivity index (χ0v) is 17.4. The van der Waals surface area contributed by atoms with E-state index in [1.54, 1.807) is 32.2 Å². The number of carbonyl (C=O) groups is 2. The predicted molar refractivity (Wildman–Crippen MR) is 112 cm³/mol. The average Bonchev–Trinajstić information content (AvgIpc) is 3.13. The molecule has 0 aliphatic carbocycles. The van der Waals surface area contributed by atoms with E-state index < -0.39 is 5.97 Å². The summed E-state index contributed by atoms with van der Waals surface area (Å²) in [5, 5.41) is 3.50. The molecule has 3 aromatic rings. The maximum Gasteiger partial charge on any atom is 0.375 e. The lowest BCUT2D eigenvalue weighted by Crippen LogP contribution is -2.30. The largest absolute Gasteiger partial charge is 0.497 e. The van der Waals surface area contributed by atoms with Gasteiger partial charge >= 0.3 is 5.97 Å². The Bertz CT molecular complexity index is 1120. The first-order chi connectivity index (χ1) is 15.0. The van der Waals surface area contributed by atoms with Crippen LogP contribution in [0.15, 0.2) is 40.8 Å². The van der Waals surface area contributed by atoms with Crippen LogP contribution in [0.25, 0.3) is 11.0 Å². The first-order valence-electron chi connectivity index (χ1n) is 9.94. The van der Waals surface area contributed by atoms with E-state index in [1.807, 2.05) is 18.2 Å². The van der Waals surface area contributed by atoms with Gasteiger partial charge in [-0.05, 0) is 49.2 Å². The molecule has 0 saturated heterocycles. The van der Waals surface area contributed by atoms with Crippen molar-refractivity contribution < 1.29 is 33.0 Å². The first-order valence-corrected chi connectivity index (χ1v) is 9.94. The normalized spacial score (nSPS) is 12.5. The van der Waals surface area contributed by atoms with Crippen LogP contribution in [0.5, 0.6) is 17.2 Å². The molecule has 31 heavy (non-hydrogen) atoms. The summed E-state index contributed by atoms with van der Waals surface area (Å²) in [7, 11) is 1.57. The van der Waals surface area contributed by atoms with Gasteiger partial charge in [-0.3, -0.25) is 4.79 Å². The van der Waals surface area contributed by atoms with Gasteiger partial charge in [-0.15, -0.1) is 0 Å². The summed E-state index contributed by atoms with van der Waals surface area (Å²) in [4.78, 5) is 24.4. The molecule has 8 heteroatoms. The number of furan rings is 1. The summed E-state index contributed by atoms with van der Waals surface area (Å²) in [6.07, 6.45) is 0.612. The minimum Gasteiger partial charge on any atom is -0.497 e. The van der Waals surface area contributed by atoms with E-state index in [1.165, 1.54) is 0 Å². The number of amides is 1. The number of aryl methyl sites for hydroxylation is 1. The van der Waals surface area contributed by atoms with Gasteiger partial charge in [-0.2, -0.15) is 0 Å². The Balaban J connectivity index is 1.27. The SMILES string of the molecule is COc1ccc2oc(C(=O)OCC(=O)NCCc3ccc4c(c3)OCCO4)c(C)c2c1. The molecule has 1 aromatic heterocycles. The van der Waals surface area contributed by atoms with Gasteiger partial charge in [-0.1, -0.05) is 6.07 Å². The third-order valence-corrected chi connectivity index (χ3v) is 5.01. The molecule has 0 saturated carbocycles. The number of fused-ring (bicyclic) bond motifs is 2. The van der Waals surface area contributed by atoms with Crippen LogP contribution in [0, 0.1) is 6.92 Å². The van der Waals surface area contributed by atoms with Gasteiger partial charge in [0.2, 0.25) is 5.76 Å². The van der Waals surface area contributed by atoms with Crippen molar-refractivity contribution in [1.82, 2.24) is 5.32 Å². The van der Waals surface area contributed by atoms with E-state index in [0.29, 0.717) is 48.8 Å². The number of benzene rings is 2. The van der Waals surface area contributed by atoms with Crippen molar-refractivity contribution in [3.63, 3.8) is 0 Å². The van der Waals surface area contributed by atoms with Gasteiger partial charge in [0.1, 0.15) is 24.5 Å². The molecule has 1 N–H and O–H groups in total. The molecule has 1 aliphatic heterocycles. The standard InChI is InChI=1S/C23H23NO7/c1-14-17-12-16(27-2)4-6-18(17)31-22(14)23(26)30-13-21(25)24-8-7-15-3-5-19-20(11-15)29-10-9-28-19/h3-6,11-12H,7-10,13H2,1-2H3,(H,24,25). The summed E-state index contributed by atoms with van der Waals surface area (Å²) < 4.78 is 27.0. The fourth-order valence-corrected chi connectivity index (χ4v) is 3.36. The van der Waals surface area contributed by atoms with E-state index in [9.17, 15) is 9.59 Å². The molecule has 4 rings (SSSR count). The predicted octanol–water partition coefficient (Wildman–Crippen LogP) is 3.04. The second-order valence-corrected chi connectivity index (χ2v) is 7.07. The highest BCUT2D eigenvalue weighted by Gasteiger charge is 2.20. The topological polar surface area (TPSA) is 96.2 Å². The molecule has 0 unspecified atom stereocenters. The Morgan fingerprint density at radius 1 is 1.06 bits per heavy atom. The summed E-state index contributed by atoms with van der Waals surface area (Å²) >= 11 is 0. The van der Waals surface area contributed by atoms with E-state index in [-0.39, 0.29) is 18.3 Å². The number of rotatable bonds is 7. The molecular weight excluding hydrogens is 402 g/mol. The van der Waals surface area contributed by atoms with Gasteiger partial charge in [0.15, 0.2) is 18.1 Å². The molecule has 0 radical (unpaired) electrons. The van der Waals surface area contributed by atoms with Gasteiger partial charge in [0.25, 0.3) is 5.91 Å². The highest BCUT2D eigenvalue weighted by Crippen LogP contribution is 2.31. The fourth-order valence-electron chi connectivity index (χ4n) is 3.36. The molecule has 8 nitrogen and oxygen atoms in total. The number of ether oxygens (including phenoxy) is 4. The van der Waals surface area contributed by atoms with Gasteiger partial charge in [-0.25, -0.2) is 4.79 Å². The lowest BCUT2D eigenvalue weighted by Gasteiger charge is -2.18. The van der Waals surface area contributed by atoms with Crippen LogP contribution in [0.2, 0.25) is 0 Å². The number of hydrogen-bond donors (Lipinski definition) is 1. The smallest absolute Gasteiger partial charge is 0.375 e. The monoisotopic (exact) mass is 425 g/mol. The van der Waals surface area contributed by atoms with Crippen LogP contribution in [0.3, 0.4) is 0 Å². The van der Waals surface area contributed by atoms with Crippen LogP contribution >= 0.6 is 0 Å². The number of carbonyl (C=O) groups excluding carboxylic acids is 2. The Morgan fingerprint density at radius 3 is 2.68 bits per heavy atom. The van der Waals surface area contributed by atoms with Gasteiger partial charge in [0.05, 0.1) is 7.11 Å². The summed E-state index contributed by atoms with van der Waals surface area (Å²) in [5.41, 5.74) is 2.20. The molecule has 2 aromatic carbocycles. The number of nitrogens with one attached hydrogen (secondary N) is 1. The average molecular weight is 425 g/mol. The van der Waals surface area contributed by atoms with Gasteiger partial charge in [0, 0.05) is 17.5 Å². The fraction of sp³-hybridized carbons (Fsp3) is 0.304. The quantitative estimate of drug-likeness (QED) is 0.581. The molecule has 0 fully saturated rings. The highest BCUT2D eigenvalue weighted by molar-refractivity contribution is 5.97. The van der Waals surface area contributed by atoms with Crippen LogP contribution in [0.4, 0.5) is 0 Å². The maximum absolute atomic E-state index is 12.4. The van der Waals surface area contributed by atoms with Crippen LogP contribution in [-0.2, 0) is 16.0 Å². The third-order valence-electron chi connectivity index (χ3n) is 5.01. The molecule has 1 aliphatic rings. The van der Waals surface area contributed by atoms with Crippen LogP contribution in [0.1, 0.15) is 21.7 Å². The molecular formula is C23H23NO7. The molecule has 0 atom stereocenters. The number of methoxy groups -OCH3 is 1. The van der Waals surface area contributed by atoms with Crippen LogP contribution < -0.4 is 19.5 Å². The van der Waals surface area contributed by atoms with Crippen molar-refractivity contribution >= 4 is 22.8 Å². The van der Waals surface area contributed by atoms with E-state index in [2.05, 4.69) is 5.32 Å². The van der Waals surface area contributed by atoms with E-state index in [0.717, 1.165) is 16.7 Å². The third kappa shape index (κ3) is 4.58. The molecule has 0 bridgehead atoms. The molecule has 1 amide bonds. The zero-order chi connectivity index (χ0) is 21.8. The zero-order valence-electron chi connectivity index (χ0n) is 17.4. The molecule has 2 heterocycles. The van der Waals surface area contributed by atoms with Crippen molar-refractivity contribution in [1.29, 1.82) is 0 Å². The maximum atomic E-state index is 12.4. The Kier molecular flexibility index (Phi) is 5.97. The lowest BCUT2D eigenvalue weighted by atomic mass is 10.1. The van der Waals surface area contributed by atoms with Gasteiger partial charge < -0.3 is 28.7 Å². The Labute approximate surface area is 179 Å². The van der Waals surface area contributed by atoms with Crippen molar-refractivity contribution in [3.05, 3.63) is 53.3 Å². The summed E-state index contributed by atoms with van der Waals surface area (Å²) in [5.74, 6) is 1.10. The van der Waals surface area contributed by atoms with E-state index in [4.69, 9.17) is 23.4 Å². The van der Waals surface area contributed by atoms with Crippen molar-refractivity contribution in [2.24, 2.45) is 0 Å². The van der Waals surface area contributed by atoms with Crippen LogP contribution in [-0.4, -0.2) is 45.4 Å². The van der Waals surface area contributed by atoms with Crippen molar-refractivity contribution in [2.75, 3.05) is 33.5 Å². The minimum atomic E-state index is -0.686. The summed E-state index contributed by atoms with van der Waals surface area (Å²) in [6.45, 7) is 2.84. The van der Waals surface area contributed by atoms with E-state index >= 15 is 0 Å². The Morgan fingerprint density at radius 2 is 1.87 bits per heavy atom. The van der Waals surface area contributed by atoms with Crippen molar-refractivity contribution in [3.8, 4) is 17.2 Å². The minimum absolute atomic E-state index is 0.0762. The molecule has 162 valence electrons. The highest BCUT2D eigenvalue weighted by atomic mass is 16.6. The molecule has 0 spiro atoms.